The van der Waals surface area contributed by atoms with E-state index in [1.165, 1.54) is 19.1 Å². The van der Waals surface area contributed by atoms with Gasteiger partial charge in [-0.3, -0.25) is 4.90 Å². The Morgan fingerprint density at radius 2 is 1.92 bits per heavy atom. The van der Waals surface area contributed by atoms with Crippen LogP contribution in [0.5, 0.6) is 0 Å². The molecule has 1 unspecified atom stereocenters. The summed E-state index contributed by atoms with van der Waals surface area (Å²) in [6, 6.07) is 3.84. The zero-order valence-corrected chi connectivity index (χ0v) is 15.1. The van der Waals surface area contributed by atoms with Gasteiger partial charge in [0, 0.05) is 28.4 Å². The average Bonchev–Trinajstić information content (AvgIpc) is 2.54. The van der Waals surface area contributed by atoms with E-state index in [2.05, 4.69) is 5.32 Å². The van der Waals surface area contributed by atoms with E-state index in [0.29, 0.717) is 34.5 Å². The Morgan fingerprint density at radius 3 is 2.46 bits per heavy atom. The highest BCUT2D eigenvalue weighted by Crippen LogP contribution is 2.38. The van der Waals surface area contributed by atoms with Crippen LogP contribution in [0.25, 0.3) is 0 Å². The molecule has 8 heteroatoms. The Hall–Kier alpha value is -1.76. The van der Waals surface area contributed by atoms with E-state index >= 15 is 0 Å². The Bertz CT molecular complexity index is 670. The van der Waals surface area contributed by atoms with Crippen LogP contribution in [0.2, 0.25) is 10.0 Å². The van der Waals surface area contributed by atoms with E-state index in [0.717, 1.165) is 0 Å². The average molecular weight is 373 g/mol. The molecule has 1 aliphatic rings. The van der Waals surface area contributed by atoms with E-state index in [1.54, 1.807) is 25.1 Å². The summed E-state index contributed by atoms with van der Waals surface area (Å²) in [6.45, 7) is 2.31. The third kappa shape index (κ3) is 3.50. The summed E-state index contributed by atoms with van der Waals surface area (Å²) >= 11 is 12.5. The third-order valence-corrected chi connectivity index (χ3v) is 4.47. The molecule has 0 saturated carbocycles. The van der Waals surface area contributed by atoms with Crippen LogP contribution >= 0.6 is 23.2 Å². The minimum absolute atomic E-state index is 0.281. The lowest BCUT2D eigenvalue weighted by Gasteiger charge is -2.35. The smallest absolute Gasteiger partial charge is 0.337 e. The fraction of sp³-hybridized carbons (Fsp3) is 0.375. The van der Waals surface area contributed by atoms with Gasteiger partial charge in [0.25, 0.3) is 0 Å². The molecule has 0 aromatic heterocycles. The van der Waals surface area contributed by atoms with Crippen molar-refractivity contribution >= 4 is 35.2 Å². The molecule has 0 bridgehead atoms. The van der Waals surface area contributed by atoms with Crippen molar-refractivity contribution in [2.24, 2.45) is 0 Å². The van der Waals surface area contributed by atoms with Crippen molar-refractivity contribution in [1.29, 1.82) is 0 Å². The van der Waals surface area contributed by atoms with Crippen molar-refractivity contribution in [2.75, 3.05) is 27.4 Å². The van der Waals surface area contributed by atoms with E-state index in [4.69, 9.17) is 32.7 Å². The molecular weight excluding hydrogens is 355 g/mol. The van der Waals surface area contributed by atoms with Crippen LogP contribution < -0.4 is 5.32 Å². The second kappa shape index (κ2) is 7.88. The molecular formula is C16H18Cl2N2O4. The number of carbonyl (C=O) groups excluding carboxylic acids is 2. The molecule has 0 fully saturated rings. The van der Waals surface area contributed by atoms with Crippen molar-refractivity contribution in [3.8, 4) is 0 Å². The molecule has 2 amide bonds. The van der Waals surface area contributed by atoms with Crippen LogP contribution in [0.3, 0.4) is 0 Å². The normalized spacial score (nSPS) is 17.8. The van der Waals surface area contributed by atoms with Gasteiger partial charge in [0.05, 0.1) is 31.9 Å². The highest BCUT2D eigenvalue weighted by Gasteiger charge is 2.37. The topological polar surface area (TPSA) is 67.9 Å². The van der Waals surface area contributed by atoms with Crippen LogP contribution in [0, 0.1) is 0 Å². The van der Waals surface area contributed by atoms with Gasteiger partial charge < -0.3 is 14.8 Å². The van der Waals surface area contributed by atoms with Gasteiger partial charge in [-0.1, -0.05) is 29.3 Å². The first-order valence-corrected chi connectivity index (χ1v) is 7.97. The highest BCUT2D eigenvalue weighted by molar-refractivity contribution is 6.36. The molecule has 6 nitrogen and oxygen atoms in total. The largest absolute Gasteiger partial charge is 0.466 e. The van der Waals surface area contributed by atoms with Gasteiger partial charge in [-0.25, -0.2) is 9.59 Å². The van der Waals surface area contributed by atoms with Gasteiger partial charge in [0.1, 0.15) is 0 Å². The SMILES string of the molecule is COCCN1C(=O)NC(c2c(Cl)cccc2Cl)C(C(=O)OC)=C1C. The second-order valence-electron chi connectivity index (χ2n) is 5.15. The van der Waals surface area contributed by atoms with Gasteiger partial charge in [-0.05, 0) is 19.1 Å². The Balaban J connectivity index is 2.57. The summed E-state index contributed by atoms with van der Waals surface area (Å²) in [6.07, 6.45) is 0. The van der Waals surface area contributed by atoms with E-state index in [9.17, 15) is 9.59 Å². The molecule has 1 aliphatic heterocycles. The number of amides is 2. The van der Waals surface area contributed by atoms with Crippen LogP contribution in [0.1, 0.15) is 18.5 Å². The lowest BCUT2D eigenvalue weighted by Crippen LogP contribution is -2.49. The number of esters is 1. The van der Waals surface area contributed by atoms with Crippen LogP contribution in [-0.4, -0.2) is 44.3 Å². The molecule has 0 saturated heterocycles. The summed E-state index contributed by atoms with van der Waals surface area (Å²) in [5.41, 5.74) is 1.21. The number of carbonyl (C=O) groups is 2. The fourth-order valence-corrected chi connectivity index (χ4v) is 3.23. The Labute approximate surface area is 150 Å². The van der Waals surface area contributed by atoms with Crippen molar-refractivity contribution in [3.63, 3.8) is 0 Å². The quantitative estimate of drug-likeness (QED) is 0.806. The molecule has 1 aromatic carbocycles. The Kier molecular flexibility index (Phi) is 6.10. The van der Waals surface area contributed by atoms with Crippen LogP contribution in [-0.2, 0) is 14.3 Å². The molecule has 24 heavy (non-hydrogen) atoms. The van der Waals surface area contributed by atoms with Gasteiger partial charge >= 0.3 is 12.0 Å². The molecule has 0 spiro atoms. The summed E-state index contributed by atoms with van der Waals surface area (Å²) in [5.74, 6) is -0.559. The summed E-state index contributed by atoms with van der Waals surface area (Å²) in [4.78, 5) is 26.2. The number of nitrogens with zero attached hydrogens (tertiary/aromatic N) is 1. The minimum atomic E-state index is -0.787. The van der Waals surface area contributed by atoms with Crippen molar-refractivity contribution in [2.45, 2.75) is 13.0 Å². The van der Waals surface area contributed by atoms with Gasteiger partial charge in [0.15, 0.2) is 0 Å². The standard InChI is InChI=1S/C16H18Cl2N2O4/c1-9-12(15(21)24-3)14(13-10(17)5-4-6-11(13)18)19-16(22)20(9)7-8-23-2/h4-6,14H,7-8H2,1-3H3,(H,19,22). The number of hydrogen-bond donors (Lipinski definition) is 1. The fourth-order valence-electron chi connectivity index (χ4n) is 2.61. The number of hydrogen-bond acceptors (Lipinski definition) is 4. The molecule has 1 atom stereocenters. The number of benzene rings is 1. The molecule has 1 N–H and O–H groups in total. The van der Waals surface area contributed by atoms with E-state index in [-0.39, 0.29) is 11.6 Å². The molecule has 0 radical (unpaired) electrons. The number of halogens is 2. The Morgan fingerprint density at radius 1 is 1.29 bits per heavy atom. The predicted octanol–water partition coefficient (Wildman–Crippen LogP) is 3.15. The first-order valence-electron chi connectivity index (χ1n) is 7.22. The number of ether oxygens (including phenoxy) is 2. The maximum absolute atomic E-state index is 12.5. The predicted molar refractivity (Wildman–Crippen MR) is 91.0 cm³/mol. The lowest BCUT2D eigenvalue weighted by molar-refractivity contribution is -0.136. The monoisotopic (exact) mass is 372 g/mol. The number of rotatable bonds is 5. The van der Waals surface area contributed by atoms with E-state index in [1.807, 2.05) is 0 Å². The van der Waals surface area contributed by atoms with Crippen LogP contribution in [0.4, 0.5) is 4.79 Å². The zero-order valence-electron chi connectivity index (χ0n) is 13.6. The van der Waals surface area contributed by atoms with Crippen molar-refractivity contribution < 1.29 is 19.1 Å². The zero-order chi connectivity index (χ0) is 17.9. The van der Waals surface area contributed by atoms with Gasteiger partial charge in [0.2, 0.25) is 0 Å². The second-order valence-corrected chi connectivity index (χ2v) is 5.97. The van der Waals surface area contributed by atoms with Crippen molar-refractivity contribution in [1.82, 2.24) is 10.2 Å². The van der Waals surface area contributed by atoms with Gasteiger partial charge in [-0.2, -0.15) is 0 Å². The molecule has 1 heterocycles. The number of nitrogens with one attached hydrogen (secondary N) is 1. The third-order valence-electron chi connectivity index (χ3n) is 3.81. The molecule has 130 valence electrons. The highest BCUT2D eigenvalue weighted by atomic mass is 35.5. The van der Waals surface area contributed by atoms with Gasteiger partial charge in [-0.15, -0.1) is 0 Å². The first-order chi connectivity index (χ1) is 11.4. The summed E-state index contributed by atoms with van der Waals surface area (Å²) in [5, 5.41) is 3.48. The minimum Gasteiger partial charge on any atom is -0.466 e. The maximum atomic E-state index is 12.5. The van der Waals surface area contributed by atoms with Crippen molar-refractivity contribution in [3.05, 3.63) is 45.1 Å². The lowest BCUT2D eigenvalue weighted by atomic mass is 9.94. The number of allylic oxidation sites excluding steroid dienone is 1. The molecule has 1 aromatic rings. The summed E-state index contributed by atoms with van der Waals surface area (Å²) in [7, 11) is 2.82. The van der Waals surface area contributed by atoms with Crippen LogP contribution in [0.15, 0.2) is 29.5 Å². The van der Waals surface area contributed by atoms with E-state index < -0.39 is 12.0 Å². The molecule has 2 rings (SSSR count). The first kappa shape index (κ1) is 18.6. The summed E-state index contributed by atoms with van der Waals surface area (Å²) < 4.78 is 9.90. The maximum Gasteiger partial charge on any atom is 0.337 e. The number of urea groups is 1. The number of methoxy groups -OCH3 is 2. The molecule has 0 aliphatic carbocycles.